The summed E-state index contributed by atoms with van der Waals surface area (Å²) in [6.45, 7) is 2.12. The summed E-state index contributed by atoms with van der Waals surface area (Å²) >= 11 is 1.59. The van der Waals surface area contributed by atoms with Crippen LogP contribution in [0.25, 0.3) is 10.4 Å². The molecule has 2 aromatic carbocycles. The van der Waals surface area contributed by atoms with Crippen LogP contribution >= 0.6 is 11.3 Å². The summed E-state index contributed by atoms with van der Waals surface area (Å²) in [6, 6.07) is 16.5. The van der Waals surface area contributed by atoms with E-state index in [1.165, 1.54) is 33.7 Å². The molecule has 6 heteroatoms. The smallest absolute Gasteiger partial charge is 0.264 e. The molecule has 0 saturated carbocycles. The molecule has 1 fully saturated rings. The molecule has 1 aliphatic heterocycles. The summed E-state index contributed by atoms with van der Waals surface area (Å²) in [4.78, 5) is 31.4. The number of rotatable bonds is 3. The molecule has 0 bridgehead atoms. The number of halogens is 1. The first-order valence-corrected chi connectivity index (χ1v) is 11.4. The van der Waals surface area contributed by atoms with Crippen molar-refractivity contribution in [2.45, 2.75) is 19.3 Å². The molecule has 2 aliphatic rings. The summed E-state index contributed by atoms with van der Waals surface area (Å²) in [5.41, 5.74) is 4.67. The Bertz CT molecular complexity index is 1130. The van der Waals surface area contributed by atoms with Gasteiger partial charge in [0.1, 0.15) is 5.82 Å². The van der Waals surface area contributed by atoms with Crippen molar-refractivity contribution in [2.75, 3.05) is 26.2 Å². The van der Waals surface area contributed by atoms with Crippen molar-refractivity contribution >= 4 is 23.2 Å². The predicted molar refractivity (Wildman–Crippen MR) is 120 cm³/mol. The Labute approximate surface area is 184 Å². The van der Waals surface area contributed by atoms with Crippen LogP contribution in [0, 0.1) is 5.82 Å². The van der Waals surface area contributed by atoms with E-state index >= 15 is 0 Å². The van der Waals surface area contributed by atoms with Crippen LogP contribution in [-0.4, -0.2) is 47.8 Å². The standard InChI is InChI=1S/C25H23FN2O2S/c26-20-9-5-17(6-10-20)15-23(29)27-11-13-28(14-12-27)25(30)22-16-19-8-7-18-3-1-2-4-21(18)24(19)31-22/h1-6,9-10,16H,7-8,11-15H2. The number of hydrogen-bond acceptors (Lipinski definition) is 3. The van der Waals surface area contributed by atoms with Crippen molar-refractivity contribution in [1.82, 2.24) is 9.80 Å². The molecule has 158 valence electrons. The van der Waals surface area contributed by atoms with E-state index in [0.29, 0.717) is 26.2 Å². The third-order valence-corrected chi connectivity index (χ3v) is 7.33. The predicted octanol–water partition coefficient (Wildman–Crippen LogP) is 4.18. The summed E-state index contributed by atoms with van der Waals surface area (Å²) in [5, 5.41) is 0. The Hall–Kier alpha value is -2.99. The van der Waals surface area contributed by atoms with Gasteiger partial charge in [-0.1, -0.05) is 36.4 Å². The number of thiophene rings is 1. The van der Waals surface area contributed by atoms with Crippen LogP contribution in [0.2, 0.25) is 0 Å². The molecule has 0 radical (unpaired) electrons. The number of carbonyl (C=O) groups excluding carboxylic acids is 2. The maximum Gasteiger partial charge on any atom is 0.264 e. The van der Waals surface area contributed by atoms with E-state index in [1.807, 2.05) is 4.90 Å². The molecule has 0 N–H and O–H groups in total. The lowest BCUT2D eigenvalue weighted by Gasteiger charge is -2.34. The summed E-state index contributed by atoms with van der Waals surface area (Å²) in [6.07, 6.45) is 2.25. The highest BCUT2D eigenvalue weighted by molar-refractivity contribution is 7.17. The quantitative estimate of drug-likeness (QED) is 0.621. The van der Waals surface area contributed by atoms with Gasteiger partial charge in [0.15, 0.2) is 0 Å². The molecule has 0 atom stereocenters. The number of carbonyl (C=O) groups is 2. The van der Waals surface area contributed by atoms with Gasteiger partial charge in [0.25, 0.3) is 5.91 Å². The minimum Gasteiger partial charge on any atom is -0.339 e. The summed E-state index contributed by atoms with van der Waals surface area (Å²) in [7, 11) is 0. The van der Waals surface area contributed by atoms with Crippen LogP contribution in [0.3, 0.4) is 0 Å². The van der Waals surface area contributed by atoms with Gasteiger partial charge in [-0.2, -0.15) is 0 Å². The van der Waals surface area contributed by atoms with Crippen molar-refractivity contribution in [1.29, 1.82) is 0 Å². The highest BCUT2D eigenvalue weighted by Gasteiger charge is 2.28. The van der Waals surface area contributed by atoms with Gasteiger partial charge in [-0.25, -0.2) is 4.39 Å². The second-order valence-corrected chi connectivity index (χ2v) is 9.15. The molecule has 31 heavy (non-hydrogen) atoms. The van der Waals surface area contributed by atoms with Crippen LogP contribution in [0.5, 0.6) is 0 Å². The van der Waals surface area contributed by atoms with E-state index in [-0.39, 0.29) is 24.1 Å². The van der Waals surface area contributed by atoms with E-state index in [4.69, 9.17) is 0 Å². The van der Waals surface area contributed by atoms with E-state index in [2.05, 4.69) is 30.3 Å². The van der Waals surface area contributed by atoms with Gasteiger partial charge >= 0.3 is 0 Å². The van der Waals surface area contributed by atoms with Crippen LogP contribution in [0.4, 0.5) is 4.39 Å². The fourth-order valence-corrected chi connectivity index (χ4v) is 5.62. The number of nitrogens with zero attached hydrogens (tertiary/aromatic N) is 2. The maximum absolute atomic E-state index is 13.1. The number of piperazine rings is 1. The first-order chi connectivity index (χ1) is 15.1. The van der Waals surface area contributed by atoms with Gasteiger partial charge in [-0.05, 0) is 53.3 Å². The van der Waals surface area contributed by atoms with Crippen LogP contribution in [0.15, 0.2) is 54.6 Å². The van der Waals surface area contributed by atoms with Crippen molar-refractivity contribution in [3.63, 3.8) is 0 Å². The number of benzene rings is 2. The summed E-state index contributed by atoms with van der Waals surface area (Å²) in [5.74, 6) is -0.230. The SMILES string of the molecule is O=C(Cc1ccc(F)cc1)N1CCN(C(=O)c2cc3c(s2)-c2ccccc2CC3)CC1. The molecular formula is C25H23FN2O2S. The average Bonchev–Trinajstić information content (AvgIpc) is 3.25. The van der Waals surface area contributed by atoms with Gasteiger partial charge < -0.3 is 9.80 Å². The van der Waals surface area contributed by atoms with Gasteiger partial charge in [0.2, 0.25) is 5.91 Å². The fraction of sp³-hybridized carbons (Fsp3) is 0.280. The van der Waals surface area contributed by atoms with Crippen molar-refractivity contribution in [3.8, 4) is 10.4 Å². The van der Waals surface area contributed by atoms with Crippen LogP contribution in [0.1, 0.15) is 26.4 Å². The number of amides is 2. The largest absolute Gasteiger partial charge is 0.339 e. The number of fused-ring (bicyclic) bond motifs is 3. The van der Waals surface area contributed by atoms with Gasteiger partial charge in [0.05, 0.1) is 11.3 Å². The topological polar surface area (TPSA) is 40.6 Å². The second-order valence-electron chi connectivity index (χ2n) is 8.10. The van der Waals surface area contributed by atoms with E-state index in [9.17, 15) is 14.0 Å². The lowest BCUT2D eigenvalue weighted by atomic mass is 9.91. The zero-order valence-electron chi connectivity index (χ0n) is 17.1. The number of hydrogen-bond donors (Lipinski definition) is 0. The van der Waals surface area contributed by atoms with Crippen LogP contribution in [-0.2, 0) is 24.1 Å². The normalized spacial score (nSPS) is 15.4. The molecule has 5 rings (SSSR count). The highest BCUT2D eigenvalue weighted by atomic mass is 32.1. The Morgan fingerprint density at radius 1 is 0.871 bits per heavy atom. The Morgan fingerprint density at radius 2 is 1.55 bits per heavy atom. The van der Waals surface area contributed by atoms with Gasteiger partial charge in [-0.3, -0.25) is 9.59 Å². The monoisotopic (exact) mass is 434 g/mol. The van der Waals surface area contributed by atoms with Crippen LogP contribution < -0.4 is 0 Å². The average molecular weight is 435 g/mol. The third kappa shape index (κ3) is 4.00. The lowest BCUT2D eigenvalue weighted by Crippen LogP contribution is -2.50. The zero-order valence-corrected chi connectivity index (χ0v) is 18.0. The molecule has 4 nitrogen and oxygen atoms in total. The van der Waals surface area contributed by atoms with E-state index in [1.54, 1.807) is 28.4 Å². The highest BCUT2D eigenvalue weighted by Crippen LogP contribution is 2.39. The van der Waals surface area contributed by atoms with Gasteiger partial charge in [-0.15, -0.1) is 11.3 Å². The molecule has 2 heterocycles. The minimum absolute atomic E-state index is 0.0156. The van der Waals surface area contributed by atoms with Crippen molar-refractivity contribution < 1.29 is 14.0 Å². The second kappa shape index (κ2) is 8.27. The Balaban J connectivity index is 1.22. The molecule has 0 unspecified atom stereocenters. The van der Waals surface area contributed by atoms with E-state index < -0.39 is 0 Å². The third-order valence-electron chi connectivity index (χ3n) is 6.13. The fourth-order valence-electron chi connectivity index (χ4n) is 4.38. The Kier molecular flexibility index (Phi) is 5.32. The van der Waals surface area contributed by atoms with E-state index in [0.717, 1.165) is 23.3 Å². The molecule has 2 amide bonds. The Morgan fingerprint density at radius 3 is 2.32 bits per heavy atom. The first-order valence-electron chi connectivity index (χ1n) is 10.6. The molecule has 3 aromatic rings. The molecule has 1 saturated heterocycles. The molecule has 1 aromatic heterocycles. The van der Waals surface area contributed by atoms with Gasteiger partial charge in [0, 0.05) is 31.1 Å². The molecular weight excluding hydrogens is 411 g/mol. The zero-order chi connectivity index (χ0) is 21.4. The minimum atomic E-state index is -0.304. The van der Waals surface area contributed by atoms with Crippen molar-refractivity contribution in [3.05, 3.63) is 82.0 Å². The number of aryl methyl sites for hydroxylation is 2. The first kappa shape index (κ1) is 19.9. The summed E-state index contributed by atoms with van der Waals surface area (Å²) < 4.78 is 13.1. The van der Waals surface area contributed by atoms with Crippen molar-refractivity contribution in [2.24, 2.45) is 0 Å². The lowest BCUT2D eigenvalue weighted by molar-refractivity contribution is -0.131. The molecule has 1 aliphatic carbocycles. The molecule has 0 spiro atoms. The maximum atomic E-state index is 13.1.